The number of nitrogens with zero attached hydrogens (tertiary/aromatic N) is 3. The lowest BCUT2D eigenvalue weighted by molar-refractivity contribution is -0.131. The summed E-state index contributed by atoms with van der Waals surface area (Å²) in [5.74, 6) is -0.451. The van der Waals surface area contributed by atoms with E-state index < -0.39 is 6.04 Å². The predicted octanol–water partition coefficient (Wildman–Crippen LogP) is 2.44. The smallest absolute Gasteiger partial charge is 0.251 e. The van der Waals surface area contributed by atoms with E-state index in [0.717, 1.165) is 11.1 Å². The fourth-order valence-electron chi connectivity index (χ4n) is 2.79. The van der Waals surface area contributed by atoms with Gasteiger partial charge in [0.25, 0.3) is 5.91 Å². The molecule has 0 aliphatic carbocycles. The Labute approximate surface area is 158 Å². The van der Waals surface area contributed by atoms with Crippen molar-refractivity contribution in [2.75, 3.05) is 14.1 Å². The number of hydrogen-bond acceptors (Lipinski definition) is 3. The first kappa shape index (κ1) is 18.4. The molecule has 0 fully saturated rings. The van der Waals surface area contributed by atoms with Crippen LogP contribution in [-0.2, 0) is 11.3 Å². The Bertz CT molecular complexity index is 888. The third-order valence-electron chi connectivity index (χ3n) is 4.25. The summed E-state index contributed by atoms with van der Waals surface area (Å²) in [6, 6.07) is 16.6. The van der Waals surface area contributed by atoms with E-state index in [1.807, 2.05) is 42.5 Å². The van der Waals surface area contributed by atoms with Gasteiger partial charge in [-0.1, -0.05) is 42.5 Å². The highest BCUT2D eigenvalue weighted by Crippen LogP contribution is 2.19. The quantitative estimate of drug-likeness (QED) is 0.732. The van der Waals surface area contributed by atoms with Gasteiger partial charge in [-0.3, -0.25) is 9.59 Å². The monoisotopic (exact) mass is 362 g/mol. The van der Waals surface area contributed by atoms with Crippen LogP contribution in [0.4, 0.5) is 0 Å². The van der Waals surface area contributed by atoms with Crippen molar-refractivity contribution in [3.63, 3.8) is 0 Å². The molecule has 1 unspecified atom stereocenters. The number of carbonyl (C=O) groups is 2. The van der Waals surface area contributed by atoms with E-state index in [4.69, 9.17) is 0 Å². The molecule has 0 aliphatic heterocycles. The number of hydrogen-bond donors (Lipinski definition) is 1. The number of carbonyl (C=O) groups excluding carboxylic acids is 2. The molecular formula is C21H22N4O2. The van der Waals surface area contributed by atoms with Gasteiger partial charge in [0.15, 0.2) is 0 Å². The van der Waals surface area contributed by atoms with Gasteiger partial charge >= 0.3 is 0 Å². The zero-order chi connectivity index (χ0) is 19.2. The van der Waals surface area contributed by atoms with Crippen molar-refractivity contribution in [1.82, 2.24) is 19.8 Å². The van der Waals surface area contributed by atoms with Crippen molar-refractivity contribution < 1.29 is 9.59 Å². The first-order valence-corrected chi connectivity index (χ1v) is 8.68. The van der Waals surface area contributed by atoms with E-state index in [1.165, 1.54) is 4.90 Å². The van der Waals surface area contributed by atoms with E-state index in [1.54, 1.807) is 49.5 Å². The molecule has 0 aliphatic rings. The first-order chi connectivity index (χ1) is 13.0. The van der Waals surface area contributed by atoms with E-state index in [-0.39, 0.29) is 11.8 Å². The molecule has 6 heteroatoms. The van der Waals surface area contributed by atoms with Crippen LogP contribution in [0, 0.1) is 0 Å². The van der Waals surface area contributed by atoms with Crippen molar-refractivity contribution in [3.05, 3.63) is 78.9 Å². The molecule has 1 N–H and O–H groups in total. The number of benzene rings is 2. The molecule has 138 valence electrons. The summed E-state index contributed by atoms with van der Waals surface area (Å²) in [4.78, 5) is 30.6. The highest BCUT2D eigenvalue weighted by atomic mass is 16.2. The van der Waals surface area contributed by atoms with Gasteiger partial charge in [0, 0.05) is 32.1 Å². The van der Waals surface area contributed by atoms with Crippen molar-refractivity contribution in [1.29, 1.82) is 0 Å². The lowest BCUT2D eigenvalue weighted by Gasteiger charge is -2.22. The van der Waals surface area contributed by atoms with Gasteiger partial charge in [0.05, 0.1) is 12.9 Å². The summed E-state index contributed by atoms with van der Waals surface area (Å²) in [5.41, 5.74) is 2.63. The minimum Gasteiger partial charge on any atom is -0.347 e. The number of imidazole rings is 1. The molecule has 6 nitrogen and oxygen atoms in total. The standard InChI is InChI=1S/C21H22N4O2/c1-24(2)21(27)19(14-25-13-12-22-15-25)23-20(26)18-10-8-17(9-11-18)16-6-4-3-5-7-16/h3-13,15,19H,14H2,1-2H3,(H,23,26). The molecule has 0 saturated heterocycles. The Morgan fingerprint density at radius 2 is 1.70 bits per heavy atom. The maximum absolute atomic E-state index is 12.7. The Kier molecular flexibility index (Phi) is 5.66. The molecule has 0 saturated carbocycles. The topological polar surface area (TPSA) is 67.2 Å². The number of likely N-dealkylation sites (N-methyl/N-ethyl adjacent to an activating group) is 1. The average Bonchev–Trinajstić information content (AvgIpc) is 3.20. The minimum atomic E-state index is -0.671. The van der Waals surface area contributed by atoms with Gasteiger partial charge in [-0.25, -0.2) is 4.98 Å². The van der Waals surface area contributed by atoms with Crippen LogP contribution >= 0.6 is 0 Å². The van der Waals surface area contributed by atoms with Crippen LogP contribution in [0.1, 0.15) is 10.4 Å². The summed E-state index contributed by atoms with van der Waals surface area (Å²) in [7, 11) is 3.34. The molecule has 1 aromatic heterocycles. The third-order valence-corrected chi connectivity index (χ3v) is 4.25. The van der Waals surface area contributed by atoms with Crippen LogP contribution in [0.15, 0.2) is 73.3 Å². The van der Waals surface area contributed by atoms with Crippen LogP contribution in [0.2, 0.25) is 0 Å². The van der Waals surface area contributed by atoms with E-state index >= 15 is 0 Å². The largest absolute Gasteiger partial charge is 0.347 e. The highest BCUT2D eigenvalue weighted by molar-refractivity contribution is 5.97. The molecule has 1 heterocycles. The predicted molar refractivity (Wildman–Crippen MR) is 104 cm³/mol. The van der Waals surface area contributed by atoms with Crippen molar-refractivity contribution in [2.45, 2.75) is 12.6 Å². The fraction of sp³-hybridized carbons (Fsp3) is 0.190. The summed E-state index contributed by atoms with van der Waals surface area (Å²) in [6.07, 6.45) is 5.02. The molecule has 0 spiro atoms. The molecule has 0 bridgehead atoms. The maximum atomic E-state index is 12.7. The molecule has 1 atom stereocenters. The average molecular weight is 362 g/mol. The van der Waals surface area contributed by atoms with E-state index in [9.17, 15) is 9.59 Å². The van der Waals surface area contributed by atoms with E-state index in [0.29, 0.717) is 12.1 Å². The summed E-state index contributed by atoms with van der Waals surface area (Å²) in [5, 5.41) is 2.83. The Morgan fingerprint density at radius 1 is 1.04 bits per heavy atom. The number of nitrogens with one attached hydrogen (secondary N) is 1. The summed E-state index contributed by atoms with van der Waals surface area (Å²) in [6.45, 7) is 0.324. The van der Waals surface area contributed by atoms with E-state index in [2.05, 4.69) is 10.3 Å². The van der Waals surface area contributed by atoms with Crippen LogP contribution in [0.3, 0.4) is 0 Å². The second-order valence-electron chi connectivity index (χ2n) is 6.46. The SMILES string of the molecule is CN(C)C(=O)C(Cn1ccnc1)NC(=O)c1ccc(-c2ccccc2)cc1. The van der Waals surface area contributed by atoms with Gasteiger partial charge in [0.1, 0.15) is 6.04 Å². The third kappa shape index (κ3) is 4.61. The Morgan fingerprint density at radius 3 is 2.30 bits per heavy atom. The Hall–Kier alpha value is -3.41. The highest BCUT2D eigenvalue weighted by Gasteiger charge is 2.23. The van der Waals surface area contributed by atoms with Gasteiger partial charge < -0.3 is 14.8 Å². The minimum absolute atomic E-state index is 0.169. The number of amides is 2. The summed E-state index contributed by atoms with van der Waals surface area (Å²) < 4.78 is 1.77. The zero-order valence-corrected chi connectivity index (χ0v) is 15.4. The molecular weight excluding hydrogens is 340 g/mol. The molecule has 3 rings (SSSR count). The zero-order valence-electron chi connectivity index (χ0n) is 15.4. The fourth-order valence-corrected chi connectivity index (χ4v) is 2.79. The maximum Gasteiger partial charge on any atom is 0.251 e. The van der Waals surface area contributed by atoms with Crippen molar-refractivity contribution in [2.24, 2.45) is 0 Å². The molecule has 2 amide bonds. The van der Waals surface area contributed by atoms with Crippen LogP contribution < -0.4 is 5.32 Å². The molecule has 3 aromatic rings. The Balaban J connectivity index is 1.74. The number of aromatic nitrogens is 2. The van der Waals surface area contributed by atoms with Crippen LogP contribution in [-0.4, -0.2) is 46.4 Å². The van der Waals surface area contributed by atoms with Crippen LogP contribution in [0.25, 0.3) is 11.1 Å². The van der Waals surface area contributed by atoms with Crippen LogP contribution in [0.5, 0.6) is 0 Å². The van der Waals surface area contributed by atoms with Crippen molar-refractivity contribution >= 4 is 11.8 Å². The van der Waals surface area contributed by atoms with Gasteiger partial charge in [0.2, 0.25) is 5.91 Å². The summed E-state index contributed by atoms with van der Waals surface area (Å²) >= 11 is 0. The molecule has 27 heavy (non-hydrogen) atoms. The lowest BCUT2D eigenvalue weighted by Crippen LogP contribution is -2.48. The lowest BCUT2D eigenvalue weighted by atomic mass is 10.0. The molecule has 0 radical (unpaired) electrons. The van der Waals surface area contributed by atoms with Crippen molar-refractivity contribution in [3.8, 4) is 11.1 Å². The van der Waals surface area contributed by atoms with Gasteiger partial charge in [-0.2, -0.15) is 0 Å². The first-order valence-electron chi connectivity index (χ1n) is 8.68. The number of rotatable bonds is 6. The van der Waals surface area contributed by atoms with Gasteiger partial charge in [-0.15, -0.1) is 0 Å². The second-order valence-corrected chi connectivity index (χ2v) is 6.46. The normalized spacial score (nSPS) is 11.6. The second kappa shape index (κ2) is 8.31. The molecule has 2 aromatic carbocycles. The van der Waals surface area contributed by atoms with Gasteiger partial charge in [-0.05, 0) is 23.3 Å².